The van der Waals surface area contributed by atoms with Crippen LogP contribution >= 0.6 is 11.6 Å². The number of aromatic nitrogens is 1. The van der Waals surface area contributed by atoms with Crippen molar-refractivity contribution in [3.63, 3.8) is 0 Å². The van der Waals surface area contributed by atoms with Crippen LogP contribution in [0.2, 0.25) is 5.02 Å². The van der Waals surface area contributed by atoms with Crippen molar-refractivity contribution >= 4 is 22.5 Å². The Hall–Kier alpha value is -1.16. The van der Waals surface area contributed by atoms with E-state index in [-0.39, 0.29) is 6.10 Å². The molecule has 1 aliphatic rings. The van der Waals surface area contributed by atoms with Crippen LogP contribution in [0.25, 0.3) is 10.9 Å². The van der Waals surface area contributed by atoms with Crippen LogP contribution in [0, 0.1) is 6.92 Å². The van der Waals surface area contributed by atoms with E-state index in [4.69, 9.17) is 16.6 Å². The Bertz CT molecular complexity index is 629. The maximum Gasteiger partial charge on any atom is 0.0740 e. The van der Waals surface area contributed by atoms with Crippen molar-refractivity contribution in [1.82, 2.24) is 9.88 Å². The quantitative estimate of drug-likeness (QED) is 0.923. The lowest BCUT2D eigenvalue weighted by atomic mass is 10.1. The molecule has 1 aliphatic heterocycles. The number of para-hydroxylation sites is 1. The Kier molecular flexibility index (Phi) is 3.92. The van der Waals surface area contributed by atoms with Gasteiger partial charge in [0.05, 0.1) is 22.3 Å². The second-order valence-electron chi connectivity index (χ2n) is 5.55. The number of β-amino-alcohol motifs (C(OH)–C–C–N with tert-alkyl or cyclic N) is 1. The predicted octanol–water partition coefficient (Wildman–Crippen LogP) is 3.15. The maximum absolute atomic E-state index is 9.76. The van der Waals surface area contributed by atoms with Crippen molar-refractivity contribution in [3.8, 4) is 0 Å². The zero-order valence-electron chi connectivity index (χ0n) is 11.6. The number of hydrogen-bond donors (Lipinski definition) is 1. The molecule has 1 saturated heterocycles. The number of nitrogens with zero attached hydrogens (tertiary/aromatic N) is 2. The molecule has 3 rings (SSSR count). The molecule has 1 atom stereocenters. The van der Waals surface area contributed by atoms with E-state index in [1.807, 2.05) is 25.1 Å². The molecule has 3 nitrogen and oxygen atoms in total. The van der Waals surface area contributed by atoms with E-state index in [9.17, 15) is 5.11 Å². The van der Waals surface area contributed by atoms with E-state index in [1.54, 1.807) is 0 Å². The van der Waals surface area contributed by atoms with Gasteiger partial charge in [-0.15, -0.1) is 0 Å². The molecule has 0 radical (unpaired) electrons. The summed E-state index contributed by atoms with van der Waals surface area (Å²) in [6.07, 6.45) is 1.71. The average Bonchev–Trinajstić information content (AvgIpc) is 2.45. The Morgan fingerprint density at radius 2 is 2.20 bits per heavy atom. The fourth-order valence-corrected chi connectivity index (χ4v) is 3.11. The molecule has 2 heterocycles. The third-order valence-corrected chi connectivity index (χ3v) is 4.50. The Morgan fingerprint density at radius 1 is 1.40 bits per heavy atom. The van der Waals surface area contributed by atoms with E-state index in [0.29, 0.717) is 13.1 Å². The number of rotatable bonds is 2. The molecular weight excluding hydrogens is 272 g/mol. The minimum Gasteiger partial charge on any atom is -0.392 e. The van der Waals surface area contributed by atoms with Crippen molar-refractivity contribution in [2.45, 2.75) is 32.4 Å². The molecular formula is C16H19ClN2O. The van der Waals surface area contributed by atoms with E-state index in [2.05, 4.69) is 11.0 Å². The number of aryl methyl sites for hydroxylation is 1. The van der Waals surface area contributed by atoms with Gasteiger partial charge in [-0.25, -0.2) is 4.98 Å². The van der Waals surface area contributed by atoms with Gasteiger partial charge in [-0.3, -0.25) is 4.90 Å². The van der Waals surface area contributed by atoms with Gasteiger partial charge in [-0.05, 0) is 37.9 Å². The van der Waals surface area contributed by atoms with Crippen LogP contribution in [0.15, 0.2) is 24.3 Å². The van der Waals surface area contributed by atoms with Crippen molar-refractivity contribution in [2.75, 3.05) is 13.1 Å². The number of aliphatic hydroxyl groups is 1. The first-order chi connectivity index (χ1) is 9.65. The summed E-state index contributed by atoms with van der Waals surface area (Å²) in [6, 6.07) is 8.08. The number of fused-ring (bicyclic) bond motifs is 1. The van der Waals surface area contributed by atoms with Crippen LogP contribution in [0.3, 0.4) is 0 Å². The van der Waals surface area contributed by atoms with Crippen LogP contribution in [0.1, 0.15) is 24.1 Å². The number of piperidine rings is 1. The molecule has 20 heavy (non-hydrogen) atoms. The summed E-state index contributed by atoms with van der Waals surface area (Å²) < 4.78 is 0. The minimum atomic E-state index is -0.218. The summed E-state index contributed by atoms with van der Waals surface area (Å²) in [5, 5.41) is 11.6. The van der Waals surface area contributed by atoms with Gasteiger partial charge in [0.2, 0.25) is 0 Å². The SMILES string of the molecule is Cc1c(Cl)c(CN2CCC[C@@H](O)C2)nc2ccccc12. The van der Waals surface area contributed by atoms with Crippen molar-refractivity contribution in [1.29, 1.82) is 0 Å². The lowest BCUT2D eigenvalue weighted by Crippen LogP contribution is -2.37. The average molecular weight is 291 g/mol. The lowest BCUT2D eigenvalue weighted by molar-refractivity contribution is 0.0663. The number of pyridine rings is 1. The Morgan fingerprint density at radius 3 is 3.00 bits per heavy atom. The van der Waals surface area contributed by atoms with Crippen LogP contribution in [-0.4, -0.2) is 34.2 Å². The van der Waals surface area contributed by atoms with Gasteiger partial charge in [0.15, 0.2) is 0 Å². The fraction of sp³-hybridized carbons (Fsp3) is 0.438. The Labute approximate surface area is 124 Å². The molecule has 1 N–H and O–H groups in total. The van der Waals surface area contributed by atoms with Gasteiger partial charge in [0.1, 0.15) is 0 Å². The molecule has 1 fully saturated rings. The van der Waals surface area contributed by atoms with Gasteiger partial charge in [0, 0.05) is 18.5 Å². The van der Waals surface area contributed by atoms with Crippen LogP contribution in [0.4, 0.5) is 0 Å². The molecule has 1 aromatic heterocycles. The molecule has 4 heteroatoms. The minimum absolute atomic E-state index is 0.218. The second-order valence-corrected chi connectivity index (χ2v) is 5.92. The van der Waals surface area contributed by atoms with E-state index >= 15 is 0 Å². The lowest BCUT2D eigenvalue weighted by Gasteiger charge is -2.30. The first-order valence-corrected chi connectivity index (χ1v) is 7.47. The molecule has 1 aromatic carbocycles. The first-order valence-electron chi connectivity index (χ1n) is 7.09. The summed E-state index contributed by atoms with van der Waals surface area (Å²) >= 11 is 6.48. The van der Waals surface area contributed by atoms with Crippen LogP contribution in [-0.2, 0) is 6.54 Å². The monoisotopic (exact) mass is 290 g/mol. The fourth-order valence-electron chi connectivity index (χ4n) is 2.91. The molecule has 0 amide bonds. The third kappa shape index (κ3) is 2.66. The Balaban J connectivity index is 1.93. The molecule has 106 valence electrons. The number of likely N-dealkylation sites (tertiary alicyclic amines) is 1. The van der Waals surface area contributed by atoms with Gasteiger partial charge >= 0.3 is 0 Å². The topological polar surface area (TPSA) is 36.4 Å². The highest BCUT2D eigenvalue weighted by Crippen LogP contribution is 2.28. The van der Waals surface area contributed by atoms with Crippen LogP contribution < -0.4 is 0 Å². The number of aliphatic hydroxyl groups excluding tert-OH is 1. The van der Waals surface area contributed by atoms with E-state index in [1.165, 1.54) is 0 Å². The van der Waals surface area contributed by atoms with Gasteiger partial charge in [0.25, 0.3) is 0 Å². The van der Waals surface area contributed by atoms with Gasteiger partial charge < -0.3 is 5.11 Å². The largest absolute Gasteiger partial charge is 0.392 e. The van der Waals surface area contributed by atoms with Gasteiger partial charge in [-0.1, -0.05) is 29.8 Å². The van der Waals surface area contributed by atoms with E-state index < -0.39 is 0 Å². The normalized spacial score (nSPS) is 20.4. The highest BCUT2D eigenvalue weighted by Gasteiger charge is 2.20. The van der Waals surface area contributed by atoms with Gasteiger partial charge in [-0.2, -0.15) is 0 Å². The maximum atomic E-state index is 9.76. The molecule has 2 aromatic rings. The summed E-state index contributed by atoms with van der Waals surface area (Å²) in [4.78, 5) is 6.93. The predicted molar refractivity (Wildman–Crippen MR) is 82.0 cm³/mol. The van der Waals surface area contributed by atoms with E-state index in [0.717, 1.165) is 46.6 Å². The van der Waals surface area contributed by atoms with Crippen molar-refractivity contribution < 1.29 is 5.11 Å². The highest BCUT2D eigenvalue weighted by molar-refractivity contribution is 6.32. The first kappa shape index (κ1) is 13.8. The van der Waals surface area contributed by atoms with Crippen molar-refractivity contribution in [3.05, 3.63) is 40.5 Å². The summed E-state index contributed by atoms with van der Waals surface area (Å²) in [6.45, 7) is 4.47. The zero-order valence-corrected chi connectivity index (χ0v) is 12.4. The molecule has 0 spiro atoms. The number of halogens is 1. The number of benzene rings is 1. The smallest absolute Gasteiger partial charge is 0.0740 e. The molecule has 0 saturated carbocycles. The van der Waals surface area contributed by atoms with Crippen molar-refractivity contribution in [2.24, 2.45) is 0 Å². The molecule has 0 bridgehead atoms. The number of hydrogen-bond acceptors (Lipinski definition) is 3. The van der Waals surface area contributed by atoms with Crippen LogP contribution in [0.5, 0.6) is 0 Å². The second kappa shape index (κ2) is 5.68. The summed E-state index contributed by atoms with van der Waals surface area (Å²) in [5.41, 5.74) is 2.99. The third-order valence-electron chi connectivity index (χ3n) is 4.00. The molecule has 0 aliphatic carbocycles. The summed E-state index contributed by atoms with van der Waals surface area (Å²) in [7, 11) is 0. The zero-order chi connectivity index (χ0) is 14.1. The molecule has 0 unspecified atom stereocenters. The highest BCUT2D eigenvalue weighted by atomic mass is 35.5. The standard InChI is InChI=1S/C16H19ClN2O/c1-11-13-6-2-3-7-14(13)18-15(16(11)17)10-19-8-4-5-12(20)9-19/h2-3,6-7,12,20H,4-5,8-10H2,1H3/t12-/m1/s1. The summed E-state index contributed by atoms with van der Waals surface area (Å²) in [5.74, 6) is 0.